The highest BCUT2D eigenvalue weighted by atomic mass is 19.4. The summed E-state index contributed by atoms with van der Waals surface area (Å²) in [6, 6.07) is 18.0. The maximum absolute atomic E-state index is 15.1. The maximum atomic E-state index is 15.1. The lowest BCUT2D eigenvalue weighted by Crippen LogP contribution is -2.25. The minimum Gasteiger partial charge on any atom is -0.326 e. The number of anilines is 1. The summed E-state index contributed by atoms with van der Waals surface area (Å²) in [6.07, 6.45) is -9.01. The zero-order valence-corrected chi connectivity index (χ0v) is 21.3. The van der Waals surface area contributed by atoms with Gasteiger partial charge >= 0.3 is 6.18 Å². The fourth-order valence-electron chi connectivity index (χ4n) is 4.31. The number of nitrogens with one attached hydrogen (secondary N) is 2. The van der Waals surface area contributed by atoms with Gasteiger partial charge in [-0.2, -0.15) is 23.5 Å². The average molecular weight is 567 g/mol. The van der Waals surface area contributed by atoms with Gasteiger partial charge in [-0.05, 0) is 78.3 Å². The number of benzene rings is 3. The molecule has 210 valence electrons. The molecule has 1 amide bonds. The van der Waals surface area contributed by atoms with Crippen molar-refractivity contribution in [1.82, 2.24) is 15.1 Å². The van der Waals surface area contributed by atoms with E-state index in [9.17, 15) is 23.2 Å². The maximum Gasteiger partial charge on any atom is 0.435 e. The van der Waals surface area contributed by atoms with Crippen LogP contribution in [0.2, 0.25) is 0 Å². The van der Waals surface area contributed by atoms with Gasteiger partial charge in [-0.25, -0.2) is 9.07 Å². The van der Waals surface area contributed by atoms with Crippen molar-refractivity contribution in [1.29, 1.82) is 5.26 Å². The van der Waals surface area contributed by atoms with Crippen LogP contribution < -0.4 is 16.4 Å². The van der Waals surface area contributed by atoms with Gasteiger partial charge in [-0.1, -0.05) is 30.3 Å². The zero-order chi connectivity index (χ0) is 32.7. The Morgan fingerprint density at radius 1 is 1.12 bits per heavy atom. The van der Waals surface area contributed by atoms with Crippen molar-refractivity contribution >= 4 is 11.6 Å². The van der Waals surface area contributed by atoms with E-state index < -0.39 is 54.0 Å². The molecule has 0 spiro atoms. The lowest BCUT2D eigenvalue weighted by molar-refractivity contribution is -0.141. The van der Waals surface area contributed by atoms with E-state index in [4.69, 9.17) is 11.2 Å². The summed E-state index contributed by atoms with van der Waals surface area (Å²) >= 11 is 0. The van der Waals surface area contributed by atoms with Gasteiger partial charge in [-0.3, -0.25) is 4.79 Å². The Bertz CT molecular complexity index is 1790. The van der Waals surface area contributed by atoms with E-state index in [2.05, 4.69) is 15.7 Å². The standard InChI is InChI=1S/C30H26F4N6O/c31-24-10-9-22(28(37-17-18-7-8-18)21-5-1-3-19(11-21)15-35)13-25(24)38-29(41)26-14-27(30(32,33)34)39-40(26)23-6-2-4-20(12-23)16-36/h1-6,9-14,18,28,37H,7-8,16-17,36H2,(H,38,41)/t28-/m1/s1/i7D2,8D2. The van der Waals surface area contributed by atoms with Crippen LogP contribution in [0.15, 0.2) is 72.8 Å². The minimum absolute atomic E-state index is 0.0864. The molecule has 3 aromatic carbocycles. The third kappa shape index (κ3) is 6.45. The van der Waals surface area contributed by atoms with Gasteiger partial charge in [0.2, 0.25) is 0 Å². The Morgan fingerprint density at radius 2 is 1.88 bits per heavy atom. The molecular weight excluding hydrogens is 536 g/mol. The number of carbonyl (C=O) groups excluding carboxylic acids is 1. The molecule has 0 unspecified atom stereocenters. The Morgan fingerprint density at radius 3 is 2.59 bits per heavy atom. The van der Waals surface area contributed by atoms with Crippen LogP contribution in [-0.2, 0) is 12.7 Å². The molecule has 1 fully saturated rings. The zero-order valence-electron chi connectivity index (χ0n) is 25.3. The number of amides is 1. The number of rotatable bonds is 9. The van der Waals surface area contributed by atoms with Crippen molar-refractivity contribution in [3.63, 3.8) is 0 Å². The molecule has 11 heteroatoms. The van der Waals surface area contributed by atoms with E-state index >= 15 is 4.39 Å². The van der Waals surface area contributed by atoms with Crippen LogP contribution in [0.4, 0.5) is 23.2 Å². The highest BCUT2D eigenvalue weighted by Gasteiger charge is 2.36. The summed E-state index contributed by atoms with van der Waals surface area (Å²) in [5, 5.41) is 18.4. The molecular formula is C30H26F4N6O. The van der Waals surface area contributed by atoms with Gasteiger partial charge in [0.1, 0.15) is 11.5 Å². The molecule has 1 aromatic heterocycles. The third-order valence-electron chi connectivity index (χ3n) is 6.42. The van der Waals surface area contributed by atoms with Crippen molar-refractivity contribution in [2.75, 3.05) is 11.9 Å². The van der Waals surface area contributed by atoms with Gasteiger partial charge < -0.3 is 16.4 Å². The number of carbonyl (C=O) groups is 1. The van der Waals surface area contributed by atoms with Crippen LogP contribution in [0.25, 0.3) is 5.69 Å². The lowest BCUT2D eigenvalue weighted by atomic mass is 9.96. The van der Waals surface area contributed by atoms with Gasteiger partial charge in [0, 0.05) is 18.1 Å². The third-order valence-corrected chi connectivity index (χ3v) is 6.42. The van der Waals surface area contributed by atoms with E-state index in [1.807, 2.05) is 6.07 Å². The molecule has 1 atom stereocenters. The number of nitrogens with two attached hydrogens (primary N) is 1. The summed E-state index contributed by atoms with van der Waals surface area (Å²) in [7, 11) is 0. The number of nitriles is 1. The highest BCUT2D eigenvalue weighted by molar-refractivity contribution is 6.03. The predicted molar refractivity (Wildman–Crippen MR) is 145 cm³/mol. The molecule has 0 aliphatic heterocycles. The van der Waals surface area contributed by atoms with E-state index in [0.717, 1.165) is 10.7 Å². The molecule has 1 aliphatic carbocycles. The van der Waals surface area contributed by atoms with E-state index in [1.54, 1.807) is 36.4 Å². The van der Waals surface area contributed by atoms with Crippen LogP contribution >= 0.6 is 0 Å². The van der Waals surface area contributed by atoms with Crippen molar-refractivity contribution in [3.05, 3.63) is 112 Å². The smallest absolute Gasteiger partial charge is 0.326 e. The number of hydrogen-bond donors (Lipinski definition) is 3. The number of hydrogen-bond acceptors (Lipinski definition) is 5. The number of aromatic nitrogens is 2. The van der Waals surface area contributed by atoms with E-state index in [-0.39, 0.29) is 24.5 Å². The fraction of sp³-hybridized carbons (Fsp3) is 0.233. The van der Waals surface area contributed by atoms with Crippen LogP contribution in [0.1, 0.15) is 62.7 Å². The van der Waals surface area contributed by atoms with Crippen molar-refractivity contribution in [2.24, 2.45) is 11.7 Å². The molecule has 4 N–H and O–H groups in total. The van der Waals surface area contributed by atoms with Crippen LogP contribution in [-0.4, -0.2) is 22.2 Å². The molecule has 0 bridgehead atoms. The normalized spacial score (nSPS) is 17.9. The summed E-state index contributed by atoms with van der Waals surface area (Å²) < 4.78 is 88.4. The summed E-state index contributed by atoms with van der Waals surface area (Å²) in [4.78, 5) is 13.4. The molecule has 41 heavy (non-hydrogen) atoms. The summed E-state index contributed by atoms with van der Waals surface area (Å²) in [5.41, 5.74) is 5.34. The number of alkyl halides is 3. The topological polar surface area (TPSA) is 109 Å². The predicted octanol–water partition coefficient (Wildman–Crippen LogP) is 5.70. The lowest BCUT2D eigenvalue weighted by Gasteiger charge is -2.21. The van der Waals surface area contributed by atoms with Gasteiger partial charge in [0.15, 0.2) is 5.69 Å². The van der Waals surface area contributed by atoms with E-state index in [0.29, 0.717) is 28.3 Å². The Kier molecular flexibility index (Phi) is 6.52. The molecule has 1 aliphatic rings. The quantitative estimate of drug-likeness (QED) is 0.225. The molecule has 7 nitrogen and oxygen atoms in total. The second-order valence-corrected chi connectivity index (χ2v) is 9.31. The highest BCUT2D eigenvalue weighted by Crippen LogP contribution is 2.33. The Hall–Kier alpha value is -4.53. The molecule has 5 rings (SSSR count). The first-order chi connectivity index (χ1) is 21.2. The number of halogens is 4. The first-order valence-corrected chi connectivity index (χ1v) is 12.5. The van der Waals surface area contributed by atoms with Crippen molar-refractivity contribution in [2.45, 2.75) is 31.5 Å². The van der Waals surface area contributed by atoms with Crippen LogP contribution in [0.3, 0.4) is 0 Å². The fourth-order valence-corrected chi connectivity index (χ4v) is 4.31. The molecule has 1 saturated carbocycles. The molecule has 0 radical (unpaired) electrons. The van der Waals surface area contributed by atoms with Crippen molar-refractivity contribution in [3.8, 4) is 11.8 Å². The van der Waals surface area contributed by atoms with Crippen LogP contribution in [0, 0.1) is 23.1 Å². The summed E-state index contributed by atoms with van der Waals surface area (Å²) in [6.45, 7) is -0.0229. The van der Waals surface area contributed by atoms with Gasteiger partial charge in [0.05, 0.1) is 29.0 Å². The number of nitrogens with zero attached hydrogens (tertiary/aromatic N) is 3. The molecule has 4 aromatic rings. The first kappa shape index (κ1) is 23.2. The van der Waals surface area contributed by atoms with Crippen molar-refractivity contribution < 1.29 is 27.8 Å². The SMILES string of the molecule is [2H]C1([2H])C(CN[C@H](c2cccc(C#N)c2)c2ccc(F)c(NC(=O)c3cc(C(F)(F)F)nn3-c3cccc(CN)c3)c2)C1([2H])[2H]. The average Bonchev–Trinajstić information content (AvgIpc) is 3.30. The minimum atomic E-state index is -4.87. The second kappa shape index (κ2) is 11.5. The molecule has 0 saturated heterocycles. The Balaban J connectivity index is 1.50. The van der Waals surface area contributed by atoms with Gasteiger partial charge in [-0.15, -0.1) is 0 Å². The first-order valence-electron chi connectivity index (χ1n) is 14.5. The largest absolute Gasteiger partial charge is 0.435 e. The second-order valence-electron chi connectivity index (χ2n) is 9.31. The summed E-state index contributed by atoms with van der Waals surface area (Å²) in [5.74, 6) is -2.95. The Labute approximate surface area is 239 Å². The molecule has 1 heterocycles. The van der Waals surface area contributed by atoms with Gasteiger partial charge in [0.25, 0.3) is 5.91 Å². The monoisotopic (exact) mass is 566 g/mol. The van der Waals surface area contributed by atoms with E-state index in [1.165, 1.54) is 24.3 Å². The van der Waals surface area contributed by atoms with Crippen LogP contribution in [0.5, 0.6) is 0 Å².